The van der Waals surface area contributed by atoms with Gasteiger partial charge in [-0.05, 0) is 0 Å². The average molecular weight is 109 g/mol. The van der Waals surface area contributed by atoms with Crippen LogP contribution in [0.2, 0.25) is 0 Å². The molecule has 0 bridgehead atoms. The first kappa shape index (κ1) is 9.11. The van der Waals surface area contributed by atoms with E-state index in [2.05, 4.69) is 5.32 Å². The van der Waals surface area contributed by atoms with Crippen molar-refractivity contribution in [3.63, 3.8) is 0 Å². The quantitative estimate of drug-likeness (QED) is 0.477. The van der Waals surface area contributed by atoms with Gasteiger partial charge in [-0.2, -0.15) is 13.6 Å². The molecule has 0 spiro atoms. The summed E-state index contributed by atoms with van der Waals surface area (Å²) in [5.41, 5.74) is 0. The van der Waals surface area contributed by atoms with Crippen LogP contribution in [0.15, 0.2) is 0 Å². The van der Waals surface area contributed by atoms with Crippen molar-refractivity contribution in [3.05, 3.63) is 5.32 Å². The van der Waals surface area contributed by atoms with Gasteiger partial charge in [-0.3, -0.25) is 0 Å². The molecule has 31 valence electrons. The van der Waals surface area contributed by atoms with Crippen LogP contribution in [0.1, 0.15) is 6.92 Å². The summed E-state index contributed by atoms with van der Waals surface area (Å²) >= 11 is 0. The fourth-order valence-corrected chi connectivity index (χ4v) is 0. The van der Waals surface area contributed by atoms with Gasteiger partial charge in [0.05, 0.1) is 0 Å². The zero-order valence-corrected chi connectivity index (χ0v) is 5.00. The first-order valence-corrected chi connectivity index (χ1v) is 1.47. The zero-order valence-electron chi connectivity index (χ0n) is 3.60. The van der Waals surface area contributed by atoms with Gasteiger partial charge in [0.2, 0.25) is 0 Å². The topological polar surface area (TPSA) is 14.1 Å². The summed E-state index contributed by atoms with van der Waals surface area (Å²) in [4.78, 5) is 0. The molecule has 2 heteroatoms. The van der Waals surface area contributed by atoms with E-state index in [1.54, 1.807) is 7.05 Å². The van der Waals surface area contributed by atoms with Crippen molar-refractivity contribution in [3.8, 4) is 0 Å². The van der Waals surface area contributed by atoms with Crippen LogP contribution in [-0.4, -0.2) is 13.6 Å². The van der Waals surface area contributed by atoms with Crippen LogP contribution in [-0.2, 0) is 18.6 Å². The van der Waals surface area contributed by atoms with Gasteiger partial charge in [0.1, 0.15) is 0 Å². The van der Waals surface area contributed by atoms with E-state index in [1.165, 1.54) is 0 Å². The largest absolute Gasteiger partial charge is 0.665 e. The van der Waals surface area contributed by atoms with Crippen LogP contribution in [0.25, 0.3) is 5.32 Å². The normalized spacial score (nSPS) is 6.00. The fourth-order valence-electron chi connectivity index (χ4n) is 0. The van der Waals surface area contributed by atoms with Gasteiger partial charge in [-0.1, -0.05) is 6.92 Å². The molecular formula is C3H8NV-. The van der Waals surface area contributed by atoms with Crippen molar-refractivity contribution >= 4 is 0 Å². The molecule has 0 aromatic heterocycles. The van der Waals surface area contributed by atoms with E-state index in [4.69, 9.17) is 0 Å². The number of rotatable bonds is 1. The van der Waals surface area contributed by atoms with E-state index in [1.807, 2.05) is 6.92 Å². The van der Waals surface area contributed by atoms with Crippen LogP contribution in [0.5, 0.6) is 0 Å². The van der Waals surface area contributed by atoms with Gasteiger partial charge in [0.15, 0.2) is 0 Å². The Morgan fingerprint density at radius 2 is 1.80 bits per heavy atom. The predicted molar refractivity (Wildman–Crippen MR) is 19.8 cm³/mol. The summed E-state index contributed by atoms with van der Waals surface area (Å²) in [6.45, 7) is 2.96. The third-order valence-electron chi connectivity index (χ3n) is 0.316. The van der Waals surface area contributed by atoms with Gasteiger partial charge >= 0.3 is 0 Å². The Morgan fingerprint density at radius 3 is 1.80 bits per heavy atom. The molecule has 0 atom stereocenters. The van der Waals surface area contributed by atoms with Crippen molar-refractivity contribution in [2.24, 2.45) is 0 Å². The Morgan fingerprint density at radius 1 is 1.60 bits per heavy atom. The summed E-state index contributed by atoms with van der Waals surface area (Å²) in [6, 6.07) is 0. The molecule has 1 radical (unpaired) electrons. The van der Waals surface area contributed by atoms with Gasteiger partial charge in [0, 0.05) is 18.6 Å². The molecule has 0 saturated carbocycles. The van der Waals surface area contributed by atoms with Crippen LogP contribution in [0.4, 0.5) is 0 Å². The molecule has 0 fully saturated rings. The minimum Gasteiger partial charge on any atom is -0.665 e. The Hall–Kier alpha value is 0.544. The van der Waals surface area contributed by atoms with Gasteiger partial charge in [0.25, 0.3) is 0 Å². The summed E-state index contributed by atoms with van der Waals surface area (Å²) in [7, 11) is 1.81. The molecule has 0 aliphatic carbocycles. The van der Waals surface area contributed by atoms with E-state index >= 15 is 0 Å². The second kappa shape index (κ2) is 8.82. The Bertz CT molecular complexity index is 8.85. The van der Waals surface area contributed by atoms with Crippen molar-refractivity contribution in [1.82, 2.24) is 0 Å². The molecule has 0 aromatic rings. The summed E-state index contributed by atoms with van der Waals surface area (Å²) in [5, 5.41) is 3.74. The fraction of sp³-hybridized carbons (Fsp3) is 1.00. The van der Waals surface area contributed by atoms with Gasteiger partial charge in [-0.25, -0.2) is 0 Å². The maximum atomic E-state index is 3.74. The molecule has 0 aromatic carbocycles. The van der Waals surface area contributed by atoms with Gasteiger partial charge in [-0.15, -0.1) is 0 Å². The molecule has 0 amide bonds. The Balaban J connectivity index is 0. The molecule has 0 heterocycles. The maximum absolute atomic E-state index is 3.74. The minimum absolute atomic E-state index is 0. The Kier molecular flexibility index (Phi) is 16.1. The first-order chi connectivity index (χ1) is 1.91. The summed E-state index contributed by atoms with van der Waals surface area (Å²) in [6.07, 6.45) is 0. The zero-order chi connectivity index (χ0) is 3.41. The first-order valence-electron chi connectivity index (χ1n) is 1.47. The number of hydrogen-bond donors (Lipinski definition) is 0. The van der Waals surface area contributed by atoms with E-state index in [0.29, 0.717) is 0 Å². The SMILES string of the molecule is CC[N-]C.[V]. The Labute approximate surface area is 45.0 Å². The van der Waals surface area contributed by atoms with Crippen LogP contribution < -0.4 is 0 Å². The summed E-state index contributed by atoms with van der Waals surface area (Å²) < 4.78 is 0. The van der Waals surface area contributed by atoms with Crippen LogP contribution in [0, 0.1) is 0 Å². The van der Waals surface area contributed by atoms with Crippen LogP contribution >= 0.6 is 0 Å². The van der Waals surface area contributed by atoms with Crippen molar-refractivity contribution in [2.45, 2.75) is 6.92 Å². The molecular weight excluding hydrogens is 101 g/mol. The van der Waals surface area contributed by atoms with E-state index in [9.17, 15) is 0 Å². The molecule has 0 aliphatic rings. The molecule has 5 heavy (non-hydrogen) atoms. The van der Waals surface area contributed by atoms with E-state index < -0.39 is 0 Å². The van der Waals surface area contributed by atoms with Crippen molar-refractivity contribution < 1.29 is 18.6 Å². The molecule has 0 N–H and O–H groups in total. The molecule has 0 rings (SSSR count). The van der Waals surface area contributed by atoms with Crippen molar-refractivity contribution in [2.75, 3.05) is 13.6 Å². The third-order valence-corrected chi connectivity index (χ3v) is 0.316. The summed E-state index contributed by atoms with van der Waals surface area (Å²) in [5.74, 6) is 0. The molecule has 0 unspecified atom stereocenters. The molecule has 0 aliphatic heterocycles. The number of hydrogen-bond acceptors (Lipinski definition) is 0. The van der Waals surface area contributed by atoms with E-state index in [0.717, 1.165) is 6.54 Å². The maximum Gasteiger partial charge on any atom is 0 e. The minimum atomic E-state index is 0. The van der Waals surface area contributed by atoms with Crippen molar-refractivity contribution in [1.29, 1.82) is 0 Å². The second-order valence-corrected chi connectivity index (χ2v) is 0.632. The van der Waals surface area contributed by atoms with E-state index in [-0.39, 0.29) is 18.6 Å². The third kappa shape index (κ3) is 12.3. The monoisotopic (exact) mass is 109 g/mol. The molecule has 0 saturated heterocycles. The number of nitrogens with zero attached hydrogens (tertiary/aromatic N) is 1. The van der Waals surface area contributed by atoms with Crippen LogP contribution in [0.3, 0.4) is 0 Å². The second-order valence-electron chi connectivity index (χ2n) is 0.632. The van der Waals surface area contributed by atoms with Gasteiger partial charge < -0.3 is 5.32 Å². The predicted octanol–water partition coefficient (Wildman–Crippen LogP) is 1.01. The smallest absolute Gasteiger partial charge is 0 e. The standard InChI is InChI=1S/C3H8N.V/c1-3-4-2;/h3H2,1-2H3;/q-1;. The molecule has 1 nitrogen and oxygen atoms in total. The average Bonchev–Trinajstić information content (AvgIpc) is 1.37.